The molecule has 190 valence electrons. The smallest absolute Gasteiger partial charge is 0.322 e. The fourth-order valence-electron chi connectivity index (χ4n) is 3.58. The Hall–Kier alpha value is -3.30. The van der Waals surface area contributed by atoms with Gasteiger partial charge in [-0.25, -0.2) is 4.79 Å². The van der Waals surface area contributed by atoms with Crippen LogP contribution in [0, 0.1) is 0 Å². The van der Waals surface area contributed by atoms with Crippen LogP contribution < -0.4 is 14.8 Å². The third-order valence-corrected chi connectivity index (χ3v) is 7.03. The highest BCUT2D eigenvalue weighted by Gasteiger charge is 2.22. The van der Waals surface area contributed by atoms with Crippen LogP contribution in [-0.4, -0.2) is 55.6 Å². The Labute approximate surface area is 224 Å². The van der Waals surface area contributed by atoms with Crippen molar-refractivity contribution in [2.24, 2.45) is 0 Å². The number of methoxy groups -OCH3 is 2. The number of nitrogens with zero attached hydrogens (tertiary/aromatic N) is 2. The fourth-order valence-corrected chi connectivity index (χ4v) is 4.68. The summed E-state index contributed by atoms with van der Waals surface area (Å²) < 4.78 is 11.5. The van der Waals surface area contributed by atoms with Gasteiger partial charge in [0.25, 0.3) is 0 Å². The number of benzene rings is 2. The van der Waals surface area contributed by atoms with Gasteiger partial charge in [0.1, 0.15) is 6.54 Å². The summed E-state index contributed by atoms with van der Waals surface area (Å²) in [6.07, 6.45) is 2.24. The fraction of sp³-hybridized carbons (Fsp3) is 0.259. The number of anilines is 1. The Balaban J connectivity index is 1.73. The third-order valence-electron chi connectivity index (χ3n) is 5.48. The van der Waals surface area contributed by atoms with Gasteiger partial charge >= 0.3 is 6.03 Å². The second-order valence-electron chi connectivity index (χ2n) is 7.91. The van der Waals surface area contributed by atoms with Crippen molar-refractivity contribution in [3.63, 3.8) is 0 Å². The molecule has 0 aliphatic rings. The van der Waals surface area contributed by atoms with Gasteiger partial charge in [-0.3, -0.25) is 4.79 Å². The zero-order valence-electron chi connectivity index (χ0n) is 20.4. The molecule has 0 saturated heterocycles. The van der Waals surface area contributed by atoms with E-state index in [0.29, 0.717) is 36.7 Å². The van der Waals surface area contributed by atoms with Crippen LogP contribution in [0.1, 0.15) is 10.4 Å². The number of nitrogens with one attached hydrogen (secondary N) is 1. The minimum Gasteiger partial charge on any atom is -0.493 e. The number of para-hydroxylation sites is 1. The number of thiophene rings is 1. The molecule has 0 aliphatic heterocycles. The van der Waals surface area contributed by atoms with Gasteiger partial charge < -0.3 is 24.6 Å². The summed E-state index contributed by atoms with van der Waals surface area (Å²) in [6.45, 7) is 4.88. The van der Waals surface area contributed by atoms with Crippen molar-refractivity contribution in [3.8, 4) is 11.5 Å². The van der Waals surface area contributed by atoms with Crippen molar-refractivity contribution in [3.05, 3.63) is 87.5 Å². The van der Waals surface area contributed by atoms with Crippen LogP contribution in [0.25, 0.3) is 0 Å². The highest BCUT2D eigenvalue weighted by molar-refractivity contribution is 9.10. The van der Waals surface area contributed by atoms with E-state index in [4.69, 9.17) is 9.47 Å². The van der Waals surface area contributed by atoms with Gasteiger partial charge in [-0.15, -0.1) is 17.9 Å². The zero-order valence-corrected chi connectivity index (χ0v) is 22.8. The summed E-state index contributed by atoms with van der Waals surface area (Å²) >= 11 is 5.03. The number of halogens is 1. The van der Waals surface area contributed by atoms with Gasteiger partial charge in [0.05, 0.1) is 26.5 Å². The maximum absolute atomic E-state index is 13.4. The van der Waals surface area contributed by atoms with Gasteiger partial charge in [0, 0.05) is 22.4 Å². The van der Waals surface area contributed by atoms with Gasteiger partial charge in [-0.2, -0.15) is 0 Å². The molecule has 0 atom stereocenters. The molecule has 7 nitrogen and oxygen atoms in total. The van der Waals surface area contributed by atoms with Crippen LogP contribution >= 0.6 is 27.3 Å². The first-order valence-corrected chi connectivity index (χ1v) is 13.0. The largest absolute Gasteiger partial charge is 0.493 e. The third kappa shape index (κ3) is 7.60. The van der Waals surface area contributed by atoms with Crippen molar-refractivity contribution >= 4 is 44.9 Å². The SMILES string of the molecule is C=CCN(CC(=O)N(CCc1ccc(OC)c(OC)c1)Cc1cccs1)C(=O)Nc1ccccc1Br. The normalized spacial score (nSPS) is 10.4. The number of hydrogen-bond donors (Lipinski definition) is 1. The molecular weight excluding hydrogens is 542 g/mol. The lowest BCUT2D eigenvalue weighted by Gasteiger charge is -2.27. The molecule has 1 aromatic heterocycles. The molecule has 0 bridgehead atoms. The van der Waals surface area contributed by atoms with Crippen molar-refractivity contribution in [1.29, 1.82) is 0 Å². The second kappa shape index (κ2) is 13.7. The summed E-state index contributed by atoms with van der Waals surface area (Å²) in [4.78, 5) is 30.7. The van der Waals surface area contributed by atoms with E-state index >= 15 is 0 Å². The van der Waals surface area contributed by atoms with E-state index in [0.717, 1.165) is 14.9 Å². The minimum atomic E-state index is -0.369. The van der Waals surface area contributed by atoms with Crippen molar-refractivity contribution < 1.29 is 19.1 Å². The summed E-state index contributed by atoms with van der Waals surface area (Å²) in [5.41, 5.74) is 1.65. The van der Waals surface area contributed by atoms with E-state index in [1.165, 1.54) is 4.90 Å². The van der Waals surface area contributed by atoms with Gasteiger partial charge in [0.15, 0.2) is 11.5 Å². The number of ether oxygens (including phenoxy) is 2. The monoisotopic (exact) mass is 571 g/mol. The maximum atomic E-state index is 13.4. The lowest BCUT2D eigenvalue weighted by molar-refractivity contribution is -0.132. The average molecular weight is 573 g/mol. The first-order chi connectivity index (χ1) is 17.4. The summed E-state index contributed by atoms with van der Waals surface area (Å²) in [5.74, 6) is 1.16. The van der Waals surface area contributed by atoms with E-state index in [-0.39, 0.29) is 25.0 Å². The molecular formula is C27H30BrN3O4S. The molecule has 0 radical (unpaired) electrons. The highest BCUT2D eigenvalue weighted by atomic mass is 79.9. The summed E-state index contributed by atoms with van der Waals surface area (Å²) in [6, 6.07) is 16.7. The van der Waals surface area contributed by atoms with Crippen molar-refractivity contribution in [2.45, 2.75) is 13.0 Å². The number of urea groups is 1. The van der Waals surface area contributed by atoms with Crippen LogP contribution in [0.5, 0.6) is 11.5 Å². The first-order valence-electron chi connectivity index (χ1n) is 11.4. The van der Waals surface area contributed by atoms with Crippen LogP contribution in [0.2, 0.25) is 0 Å². The topological polar surface area (TPSA) is 71.1 Å². The van der Waals surface area contributed by atoms with E-state index in [2.05, 4.69) is 27.8 Å². The molecule has 36 heavy (non-hydrogen) atoms. The second-order valence-corrected chi connectivity index (χ2v) is 9.80. The molecule has 0 unspecified atom stereocenters. The predicted molar refractivity (Wildman–Crippen MR) is 148 cm³/mol. The Morgan fingerprint density at radius 2 is 1.83 bits per heavy atom. The predicted octanol–water partition coefficient (Wildman–Crippen LogP) is 5.82. The van der Waals surface area contributed by atoms with E-state index < -0.39 is 0 Å². The van der Waals surface area contributed by atoms with Crippen LogP contribution in [0.3, 0.4) is 0 Å². The Bertz CT molecular complexity index is 1170. The van der Waals surface area contributed by atoms with E-state index in [9.17, 15) is 9.59 Å². The van der Waals surface area contributed by atoms with Crippen LogP contribution in [0.4, 0.5) is 10.5 Å². The molecule has 3 amide bonds. The molecule has 9 heteroatoms. The average Bonchev–Trinajstić information content (AvgIpc) is 3.40. The Morgan fingerprint density at radius 1 is 1.06 bits per heavy atom. The first kappa shape index (κ1) is 27.3. The molecule has 1 heterocycles. The van der Waals surface area contributed by atoms with Crippen molar-refractivity contribution in [1.82, 2.24) is 9.80 Å². The molecule has 3 aromatic rings. The van der Waals surface area contributed by atoms with Gasteiger partial charge in [-0.1, -0.05) is 30.3 Å². The Kier molecular flexibility index (Phi) is 10.4. The number of carbonyl (C=O) groups excluding carboxylic acids is 2. The molecule has 0 fully saturated rings. The number of hydrogen-bond acceptors (Lipinski definition) is 5. The lowest BCUT2D eigenvalue weighted by Crippen LogP contribution is -2.44. The van der Waals surface area contributed by atoms with Crippen molar-refractivity contribution in [2.75, 3.05) is 39.2 Å². The number of carbonyl (C=O) groups is 2. The molecule has 2 aromatic carbocycles. The van der Waals surface area contributed by atoms with Crippen LogP contribution in [0.15, 0.2) is 77.1 Å². The zero-order chi connectivity index (χ0) is 25.9. The molecule has 0 spiro atoms. The van der Waals surface area contributed by atoms with Crippen LogP contribution in [-0.2, 0) is 17.8 Å². The summed E-state index contributed by atoms with van der Waals surface area (Å²) in [5, 5.41) is 4.85. The highest BCUT2D eigenvalue weighted by Crippen LogP contribution is 2.28. The molecule has 0 saturated carbocycles. The Morgan fingerprint density at radius 3 is 2.50 bits per heavy atom. The molecule has 0 aliphatic carbocycles. The lowest BCUT2D eigenvalue weighted by atomic mass is 10.1. The van der Waals surface area contributed by atoms with E-state index in [1.807, 2.05) is 53.9 Å². The molecule has 1 N–H and O–H groups in total. The minimum absolute atomic E-state index is 0.0698. The standard InChI is InChI=1S/C27H30BrN3O4S/c1-4-14-31(27(33)29-23-10-6-5-9-22(23)28)19-26(32)30(18-21-8-7-16-36-21)15-13-20-11-12-24(34-2)25(17-20)35-3/h4-12,16-17H,1,13-15,18-19H2,2-3H3,(H,29,33). The van der Waals surface area contributed by atoms with Gasteiger partial charge in [-0.05, 0) is 63.6 Å². The van der Waals surface area contributed by atoms with E-state index in [1.54, 1.807) is 42.6 Å². The quantitative estimate of drug-likeness (QED) is 0.278. The van der Waals surface area contributed by atoms with Gasteiger partial charge in [0.2, 0.25) is 5.91 Å². The number of rotatable bonds is 12. The maximum Gasteiger partial charge on any atom is 0.322 e. The molecule has 3 rings (SSSR count). The summed E-state index contributed by atoms with van der Waals surface area (Å²) in [7, 11) is 3.20. The number of amides is 3.